The molecular formula is C23H26ClN3O3. The number of fused-ring (bicyclic) bond motifs is 2. The van der Waals surface area contributed by atoms with Crippen LogP contribution < -0.4 is 10.5 Å². The molecule has 5 rings (SSSR count). The number of nitrogens with two attached hydrogens (primary N) is 1. The highest BCUT2D eigenvalue weighted by atomic mass is 35.5. The molecule has 0 radical (unpaired) electrons. The van der Waals surface area contributed by atoms with Gasteiger partial charge in [-0.3, -0.25) is 0 Å². The molecule has 2 N–H and O–H groups in total. The molecule has 2 aromatic rings. The van der Waals surface area contributed by atoms with Gasteiger partial charge in [-0.15, -0.1) is 0 Å². The molecule has 3 aliphatic heterocycles. The van der Waals surface area contributed by atoms with Crippen molar-refractivity contribution in [2.75, 3.05) is 20.3 Å². The fraction of sp³-hybridized carbons (Fsp3) is 0.435. The van der Waals surface area contributed by atoms with Gasteiger partial charge in [0.1, 0.15) is 11.9 Å². The number of ether oxygens (including phenoxy) is 2. The van der Waals surface area contributed by atoms with E-state index in [-0.39, 0.29) is 6.10 Å². The highest BCUT2D eigenvalue weighted by molar-refractivity contribution is 6.31. The summed E-state index contributed by atoms with van der Waals surface area (Å²) in [6.45, 7) is 3.57. The molecule has 30 heavy (non-hydrogen) atoms. The summed E-state index contributed by atoms with van der Waals surface area (Å²) in [7, 11) is 1.79. The summed E-state index contributed by atoms with van der Waals surface area (Å²) in [5.74, 6) is 1.58. The first-order valence-corrected chi connectivity index (χ1v) is 10.8. The Labute approximate surface area is 181 Å². The summed E-state index contributed by atoms with van der Waals surface area (Å²) < 4.78 is 12.0. The second-order valence-electron chi connectivity index (χ2n) is 8.38. The first-order valence-electron chi connectivity index (χ1n) is 10.4. The molecule has 6 nitrogen and oxygen atoms in total. The Hall–Kier alpha value is -2.28. The van der Waals surface area contributed by atoms with Crippen LogP contribution in [0.3, 0.4) is 0 Å². The average Bonchev–Trinajstić information content (AvgIpc) is 3.01. The van der Waals surface area contributed by atoms with Crippen LogP contribution in [0.2, 0.25) is 5.02 Å². The van der Waals surface area contributed by atoms with Gasteiger partial charge in [-0.05, 0) is 60.7 Å². The summed E-state index contributed by atoms with van der Waals surface area (Å²) in [6.07, 6.45) is 2.58. The predicted octanol–water partition coefficient (Wildman–Crippen LogP) is 4.24. The molecule has 1 spiro atoms. The Kier molecular flexibility index (Phi) is 4.88. The summed E-state index contributed by atoms with van der Waals surface area (Å²) in [5.41, 5.74) is 9.35. The van der Waals surface area contributed by atoms with Crippen molar-refractivity contribution >= 4 is 17.6 Å². The van der Waals surface area contributed by atoms with Crippen LogP contribution in [-0.4, -0.2) is 37.4 Å². The van der Waals surface area contributed by atoms with Crippen LogP contribution in [0.4, 0.5) is 0 Å². The fourth-order valence-electron chi connectivity index (χ4n) is 4.70. The third-order valence-corrected chi connectivity index (χ3v) is 6.45. The van der Waals surface area contributed by atoms with Gasteiger partial charge >= 0.3 is 0 Å². The minimum atomic E-state index is -0.876. The lowest BCUT2D eigenvalue weighted by Gasteiger charge is -2.41. The van der Waals surface area contributed by atoms with Crippen LogP contribution in [0.15, 0.2) is 41.4 Å². The Morgan fingerprint density at radius 2 is 1.93 bits per heavy atom. The molecule has 2 unspecified atom stereocenters. The van der Waals surface area contributed by atoms with E-state index in [1.165, 1.54) is 0 Å². The third-order valence-electron chi connectivity index (χ3n) is 6.23. The number of hydrogen-bond acceptors (Lipinski definition) is 6. The zero-order valence-corrected chi connectivity index (χ0v) is 18.0. The molecule has 3 aliphatic rings. The van der Waals surface area contributed by atoms with E-state index in [1.807, 2.05) is 25.1 Å². The standard InChI is InChI=1S/C23H26ClN3O3/c1-14-9-17(11-18(24)10-14)16-3-4-20-19(12-16)23(26-22(25)27(2)30-23)13-21(29-20)15-5-7-28-8-6-15/h3-4,9-12,15,21H,5-8,13H2,1-2H3,(H2,25,26). The summed E-state index contributed by atoms with van der Waals surface area (Å²) in [4.78, 5) is 11.0. The van der Waals surface area contributed by atoms with Crippen LogP contribution in [-0.2, 0) is 15.3 Å². The van der Waals surface area contributed by atoms with Crippen LogP contribution in [0, 0.1) is 12.8 Å². The van der Waals surface area contributed by atoms with Crippen molar-refractivity contribution in [2.24, 2.45) is 16.6 Å². The van der Waals surface area contributed by atoms with E-state index in [1.54, 1.807) is 12.1 Å². The number of aryl methyl sites for hydroxylation is 1. The van der Waals surface area contributed by atoms with E-state index in [0.717, 1.165) is 54.1 Å². The van der Waals surface area contributed by atoms with Crippen LogP contribution in [0.5, 0.6) is 5.75 Å². The number of nitrogens with zero attached hydrogens (tertiary/aromatic N) is 2. The van der Waals surface area contributed by atoms with E-state index in [0.29, 0.717) is 23.3 Å². The van der Waals surface area contributed by atoms with Crippen molar-refractivity contribution in [1.82, 2.24) is 5.06 Å². The van der Waals surface area contributed by atoms with Gasteiger partial charge in [-0.2, -0.15) is 0 Å². The lowest BCUT2D eigenvalue weighted by atomic mass is 9.83. The highest BCUT2D eigenvalue weighted by Gasteiger charge is 2.50. The maximum atomic E-state index is 6.48. The zero-order chi connectivity index (χ0) is 20.9. The molecule has 2 atom stereocenters. The summed E-state index contributed by atoms with van der Waals surface area (Å²) in [5, 5.41) is 2.26. The van der Waals surface area contributed by atoms with Crippen LogP contribution in [0.25, 0.3) is 11.1 Å². The van der Waals surface area contributed by atoms with Crippen LogP contribution >= 0.6 is 11.6 Å². The van der Waals surface area contributed by atoms with E-state index in [2.05, 4.69) is 18.2 Å². The van der Waals surface area contributed by atoms with E-state index in [9.17, 15) is 0 Å². The average molecular weight is 428 g/mol. The first kappa shape index (κ1) is 19.7. The van der Waals surface area contributed by atoms with E-state index < -0.39 is 5.72 Å². The lowest BCUT2D eigenvalue weighted by Crippen LogP contribution is -2.43. The molecule has 0 amide bonds. The van der Waals surface area contributed by atoms with Gasteiger partial charge in [0.15, 0.2) is 0 Å². The summed E-state index contributed by atoms with van der Waals surface area (Å²) >= 11 is 6.30. The topological polar surface area (TPSA) is 69.3 Å². The second-order valence-corrected chi connectivity index (χ2v) is 8.82. The van der Waals surface area contributed by atoms with Crippen molar-refractivity contribution < 1.29 is 14.3 Å². The smallest absolute Gasteiger partial charge is 0.221 e. The fourth-order valence-corrected chi connectivity index (χ4v) is 4.99. The van der Waals surface area contributed by atoms with Gasteiger partial charge in [0.25, 0.3) is 0 Å². The van der Waals surface area contributed by atoms with E-state index in [4.69, 9.17) is 36.6 Å². The molecule has 2 aromatic carbocycles. The molecule has 0 aromatic heterocycles. The Balaban J connectivity index is 1.58. The number of benzene rings is 2. The van der Waals surface area contributed by atoms with Crippen molar-refractivity contribution in [2.45, 2.75) is 38.0 Å². The minimum Gasteiger partial charge on any atom is -0.489 e. The van der Waals surface area contributed by atoms with Gasteiger partial charge < -0.3 is 15.2 Å². The lowest BCUT2D eigenvalue weighted by molar-refractivity contribution is -0.196. The van der Waals surface area contributed by atoms with Gasteiger partial charge in [-0.1, -0.05) is 23.7 Å². The maximum absolute atomic E-state index is 6.48. The largest absolute Gasteiger partial charge is 0.489 e. The molecule has 1 saturated heterocycles. The predicted molar refractivity (Wildman–Crippen MR) is 116 cm³/mol. The molecule has 0 aliphatic carbocycles. The molecule has 158 valence electrons. The number of aliphatic imine (C=N–C) groups is 1. The molecular weight excluding hydrogens is 402 g/mol. The molecule has 0 bridgehead atoms. The van der Waals surface area contributed by atoms with Gasteiger partial charge in [-0.25, -0.2) is 14.9 Å². The van der Waals surface area contributed by atoms with Gasteiger partial charge in [0, 0.05) is 37.6 Å². The van der Waals surface area contributed by atoms with Crippen molar-refractivity contribution in [3.8, 4) is 16.9 Å². The van der Waals surface area contributed by atoms with E-state index >= 15 is 0 Å². The number of rotatable bonds is 2. The Morgan fingerprint density at radius 1 is 1.13 bits per heavy atom. The van der Waals surface area contributed by atoms with Gasteiger partial charge in [0.05, 0.1) is 5.56 Å². The number of halogens is 1. The zero-order valence-electron chi connectivity index (χ0n) is 17.2. The van der Waals surface area contributed by atoms with Crippen molar-refractivity contribution in [1.29, 1.82) is 0 Å². The number of hydrogen-bond donors (Lipinski definition) is 1. The molecule has 0 saturated carbocycles. The normalized spacial score (nSPS) is 26.4. The third kappa shape index (κ3) is 3.43. The highest BCUT2D eigenvalue weighted by Crippen LogP contribution is 2.49. The van der Waals surface area contributed by atoms with Crippen molar-refractivity contribution in [3.63, 3.8) is 0 Å². The molecule has 1 fully saturated rings. The Morgan fingerprint density at radius 3 is 2.63 bits per heavy atom. The van der Waals surface area contributed by atoms with Crippen molar-refractivity contribution in [3.05, 3.63) is 52.5 Å². The second kappa shape index (κ2) is 7.45. The molecule has 3 heterocycles. The quantitative estimate of drug-likeness (QED) is 0.776. The monoisotopic (exact) mass is 427 g/mol. The number of guanidine groups is 1. The summed E-state index contributed by atoms with van der Waals surface area (Å²) in [6, 6.07) is 12.2. The Bertz CT molecular complexity index is 985. The number of hydroxylamine groups is 2. The molecule has 7 heteroatoms. The SMILES string of the molecule is Cc1cc(Cl)cc(-c2ccc3c(c2)C2(CC(C4CCOCC4)O3)N=C(N)N(C)O2)c1. The van der Waals surface area contributed by atoms with Gasteiger partial charge in [0.2, 0.25) is 11.7 Å². The first-order chi connectivity index (χ1) is 14.4. The minimum absolute atomic E-state index is 0.00344. The maximum Gasteiger partial charge on any atom is 0.221 e. The van der Waals surface area contributed by atoms with Crippen LogP contribution in [0.1, 0.15) is 30.4 Å².